The molecule has 1 fully saturated rings. The van der Waals surface area contributed by atoms with E-state index >= 15 is 0 Å². The van der Waals surface area contributed by atoms with Crippen LogP contribution in [0.15, 0.2) is 22.8 Å². The highest BCUT2D eigenvalue weighted by Gasteiger charge is 2.33. The molecule has 0 bridgehead atoms. The zero-order valence-corrected chi connectivity index (χ0v) is 8.10. The fraction of sp³-hybridized carbons (Fsp3) is 0.600. The number of hydrogen-bond donors (Lipinski definition) is 1. The molecule has 1 aromatic heterocycles. The Balaban J connectivity index is 1.97. The summed E-state index contributed by atoms with van der Waals surface area (Å²) in [5, 5.41) is 9.08. The third-order valence-corrected chi connectivity index (χ3v) is 2.32. The smallest absolute Gasteiger partial charge is 0.217 e. The molecule has 1 aliphatic heterocycles. The van der Waals surface area contributed by atoms with Crippen LogP contribution >= 0.6 is 0 Å². The van der Waals surface area contributed by atoms with Gasteiger partial charge in [0.2, 0.25) is 6.29 Å². The molecule has 0 saturated carbocycles. The zero-order chi connectivity index (χ0) is 10.0. The van der Waals surface area contributed by atoms with Crippen molar-refractivity contribution in [2.45, 2.75) is 13.2 Å². The van der Waals surface area contributed by atoms with E-state index in [2.05, 4.69) is 0 Å². The van der Waals surface area contributed by atoms with Gasteiger partial charge in [-0.1, -0.05) is 6.92 Å². The van der Waals surface area contributed by atoms with E-state index in [-0.39, 0.29) is 12.0 Å². The number of aliphatic hydroxyl groups excluding tert-OH is 1. The summed E-state index contributed by atoms with van der Waals surface area (Å²) >= 11 is 0. The normalized spacial score (nSPS) is 33.1. The SMILES string of the molecule is CC1(CO)COC(c2ccco2)OC1. The minimum Gasteiger partial charge on any atom is -0.464 e. The molecule has 1 N–H and O–H groups in total. The average Bonchev–Trinajstić information content (AvgIpc) is 2.72. The predicted octanol–water partition coefficient (Wildman–Crippen LogP) is 1.32. The van der Waals surface area contributed by atoms with Gasteiger partial charge >= 0.3 is 0 Å². The fourth-order valence-corrected chi connectivity index (χ4v) is 1.32. The largest absolute Gasteiger partial charge is 0.464 e. The van der Waals surface area contributed by atoms with E-state index in [4.69, 9.17) is 19.0 Å². The maximum absolute atomic E-state index is 9.08. The van der Waals surface area contributed by atoms with Crippen LogP contribution in [-0.4, -0.2) is 24.9 Å². The Labute approximate surface area is 82.4 Å². The molecule has 1 aliphatic rings. The summed E-state index contributed by atoms with van der Waals surface area (Å²) in [7, 11) is 0. The Kier molecular flexibility index (Phi) is 2.58. The third kappa shape index (κ3) is 1.82. The van der Waals surface area contributed by atoms with Gasteiger partial charge in [0.05, 0.1) is 26.1 Å². The lowest BCUT2D eigenvalue weighted by atomic mass is 9.94. The lowest BCUT2D eigenvalue weighted by molar-refractivity contribution is -0.243. The van der Waals surface area contributed by atoms with E-state index in [1.807, 2.05) is 13.0 Å². The van der Waals surface area contributed by atoms with Crippen molar-refractivity contribution in [1.29, 1.82) is 0 Å². The van der Waals surface area contributed by atoms with E-state index in [9.17, 15) is 0 Å². The molecule has 0 radical (unpaired) electrons. The van der Waals surface area contributed by atoms with Crippen LogP contribution in [0.4, 0.5) is 0 Å². The number of hydrogen-bond acceptors (Lipinski definition) is 4. The molecule has 4 nitrogen and oxygen atoms in total. The molecule has 0 amide bonds. The van der Waals surface area contributed by atoms with Crippen molar-refractivity contribution >= 4 is 0 Å². The summed E-state index contributed by atoms with van der Waals surface area (Å²) < 4.78 is 16.1. The highest BCUT2D eigenvalue weighted by atomic mass is 16.7. The monoisotopic (exact) mass is 198 g/mol. The quantitative estimate of drug-likeness (QED) is 0.778. The Morgan fingerprint density at radius 1 is 1.50 bits per heavy atom. The molecule has 78 valence electrons. The fourth-order valence-electron chi connectivity index (χ4n) is 1.32. The first-order chi connectivity index (χ1) is 6.73. The van der Waals surface area contributed by atoms with Gasteiger partial charge in [0, 0.05) is 5.41 Å². The molecule has 0 aromatic carbocycles. The molecule has 1 aromatic rings. The third-order valence-electron chi connectivity index (χ3n) is 2.32. The van der Waals surface area contributed by atoms with Gasteiger partial charge in [-0.15, -0.1) is 0 Å². The first-order valence-electron chi connectivity index (χ1n) is 4.61. The maximum Gasteiger partial charge on any atom is 0.217 e. The van der Waals surface area contributed by atoms with Gasteiger partial charge in [0.15, 0.2) is 5.76 Å². The van der Waals surface area contributed by atoms with E-state index in [0.717, 1.165) is 0 Å². The van der Waals surface area contributed by atoms with Crippen molar-refractivity contribution in [1.82, 2.24) is 0 Å². The van der Waals surface area contributed by atoms with Gasteiger partial charge in [-0.3, -0.25) is 0 Å². The van der Waals surface area contributed by atoms with Gasteiger partial charge in [-0.2, -0.15) is 0 Å². The van der Waals surface area contributed by atoms with Crippen molar-refractivity contribution in [3.05, 3.63) is 24.2 Å². The molecule has 0 spiro atoms. The highest BCUT2D eigenvalue weighted by Crippen LogP contribution is 2.31. The van der Waals surface area contributed by atoms with E-state index in [1.54, 1.807) is 12.3 Å². The topological polar surface area (TPSA) is 51.8 Å². The van der Waals surface area contributed by atoms with Crippen molar-refractivity contribution in [3.63, 3.8) is 0 Å². The summed E-state index contributed by atoms with van der Waals surface area (Å²) in [6.07, 6.45) is 1.16. The number of rotatable bonds is 2. The number of ether oxygens (including phenoxy) is 2. The predicted molar refractivity (Wildman–Crippen MR) is 48.5 cm³/mol. The van der Waals surface area contributed by atoms with Gasteiger partial charge in [0.25, 0.3) is 0 Å². The van der Waals surface area contributed by atoms with Crippen LogP contribution in [0.25, 0.3) is 0 Å². The van der Waals surface area contributed by atoms with Crippen LogP contribution in [-0.2, 0) is 9.47 Å². The highest BCUT2D eigenvalue weighted by molar-refractivity contribution is 5.00. The Morgan fingerprint density at radius 3 is 2.71 bits per heavy atom. The van der Waals surface area contributed by atoms with Gasteiger partial charge in [-0.25, -0.2) is 0 Å². The minimum atomic E-state index is -0.426. The number of aliphatic hydroxyl groups is 1. The summed E-state index contributed by atoms with van der Waals surface area (Å²) in [5.74, 6) is 0.671. The van der Waals surface area contributed by atoms with E-state index in [0.29, 0.717) is 19.0 Å². The Hall–Kier alpha value is -0.840. The lowest BCUT2D eigenvalue weighted by Crippen LogP contribution is -2.39. The van der Waals surface area contributed by atoms with Crippen molar-refractivity contribution in [2.24, 2.45) is 5.41 Å². The van der Waals surface area contributed by atoms with Crippen molar-refractivity contribution < 1.29 is 19.0 Å². The zero-order valence-electron chi connectivity index (χ0n) is 8.10. The van der Waals surface area contributed by atoms with Gasteiger partial charge in [0.1, 0.15) is 0 Å². The molecular formula is C10H14O4. The summed E-state index contributed by atoms with van der Waals surface area (Å²) in [5.41, 5.74) is -0.289. The molecule has 4 heteroatoms. The maximum atomic E-state index is 9.08. The minimum absolute atomic E-state index is 0.0673. The molecule has 2 rings (SSSR count). The van der Waals surface area contributed by atoms with E-state index < -0.39 is 6.29 Å². The van der Waals surface area contributed by atoms with Gasteiger partial charge < -0.3 is 19.0 Å². The van der Waals surface area contributed by atoms with Crippen LogP contribution in [0.1, 0.15) is 19.0 Å². The second kappa shape index (κ2) is 3.73. The standard InChI is InChI=1S/C10H14O4/c1-10(5-11)6-13-9(14-7-10)8-3-2-4-12-8/h2-4,9,11H,5-7H2,1H3. The lowest BCUT2D eigenvalue weighted by Gasteiger charge is -2.35. The Bertz CT molecular complexity index is 272. The molecule has 0 aliphatic carbocycles. The van der Waals surface area contributed by atoms with E-state index in [1.165, 1.54) is 0 Å². The Morgan fingerprint density at radius 2 is 2.21 bits per heavy atom. The molecular weight excluding hydrogens is 184 g/mol. The summed E-state index contributed by atoms with van der Waals surface area (Å²) in [6.45, 7) is 2.95. The van der Waals surface area contributed by atoms with Crippen molar-refractivity contribution in [2.75, 3.05) is 19.8 Å². The second-order valence-electron chi connectivity index (χ2n) is 3.94. The van der Waals surface area contributed by atoms with Crippen LogP contribution < -0.4 is 0 Å². The number of furan rings is 1. The first-order valence-corrected chi connectivity index (χ1v) is 4.61. The summed E-state index contributed by atoms with van der Waals surface area (Å²) in [6, 6.07) is 3.61. The summed E-state index contributed by atoms with van der Waals surface area (Å²) in [4.78, 5) is 0. The van der Waals surface area contributed by atoms with Crippen LogP contribution in [0.2, 0.25) is 0 Å². The average molecular weight is 198 g/mol. The second-order valence-corrected chi connectivity index (χ2v) is 3.94. The van der Waals surface area contributed by atoms with Crippen LogP contribution in [0.5, 0.6) is 0 Å². The molecule has 0 atom stereocenters. The molecule has 0 unspecified atom stereocenters. The molecule has 2 heterocycles. The van der Waals surface area contributed by atoms with Gasteiger partial charge in [-0.05, 0) is 12.1 Å². The van der Waals surface area contributed by atoms with Crippen molar-refractivity contribution in [3.8, 4) is 0 Å². The first kappa shape index (κ1) is 9.71. The van der Waals surface area contributed by atoms with Crippen LogP contribution in [0, 0.1) is 5.41 Å². The van der Waals surface area contributed by atoms with Crippen LogP contribution in [0.3, 0.4) is 0 Å². The molecule has 1 saturated heterocycles. The molecule has 14 heavy (non-hydrogen) atoms.